The first-order valence-electron chi connectivity index (χ1n) is 19.4. The summed E-state index contributed by atoms with van der Waals surface area (Å²) in [6.07, 6.45) is 0. The van der Waals surface area contributed by atoms with Crippen LogP contribution in [-0.4, -0.2) is 0 Å². The van der Waals surface area contributed by atoms with Crippen molar-refractivity contribution in [2.45, 2.75) is 19.3 Å². The summed E-state index contributed by atoms with van der Waals surface area (Å²) in [7, 11) is 0. The monoisotopic (exact) mass is 698 g/mol. The van der Waals surface area contributed by atoms with Crippen molar-refractivity contribution in [3.05, 3.63) is 205 Å². The number of hydrogen-bond donors (Lipinski definition) is 0. The van der Waals surface area contributed by atoms with Gasteiger partial charge in [0.2, 0.25) is 0 Å². The molecule has 10 aromatic carbocycles. The molecule has 0 amide bonds. The lowest BCUT2D eigenvalue weighted by Crippen LogP contribution is -2.15. The Morgan fingerprint density at radius 2 is 0.891 bits per heavy atom. The second-order valence-corrected chi connectivity index (χ2v) is 15.6. The van der Waals surface area contributed by atoms with Crippen LogP contribution in [0.25, 0.3) is 98.7 Å². The zero-order valence-electron chi connectivity index (χ0n) is 31.0. The number of hydrogen-bond acceptors (Lipinski definition) is 0. The molecule has 0 aromatic heterocycles. The predicted octanol–water partition coefficient (Wildman–Crippen LogP) is 15.3. The van der Waals surface area contributed by atoms with Crippen molar-refractivity contribution in [1.29, 1.82) is 0 Å². The second kappa shape index (κ2) is 12.1. The maximum atomic E-state index is 2.41. The molecule has 0 aliphatic heterocycles. The first kappa shape index (κ1) is 31.7. The fourth-order valence-corrected chi connectivity index (χ4v) is 9.79. The van der Waals surface area contributed by atoms with Crippen molar-refractivity contribution in [2.75, 3.05) is 0 Å². The van der Waals surface area contributed by atoms with Gasteiger partial charge < -0.3 is 0 Å². The molecule has 0 N–H and O–H groups in total. The highest BCUT2D eigenvalue weighted by molar-refractivity contribution is 6.28. The van der Waals surface area contributed by atoms with Gasteiger partial charge in [0.05, 0.1) is 0 Å². The minimum Gasteiger partial charge on any atom is -0.0622 e. The minimum absolute atomic E-state index is 0.0513. The van der Waals surface area contributed by atoms with Crippen LogP contribution < -0.4 is 0 Å². The van der Waals surface area contributed by atoms with Crippen LogP contribution in [0.15, 0.2) is 194 Å². The Morgan fingerprint density at radius 3 is 1.69 bits per heavy atom. The summed E-state index contributed by atoms with van der Waals surface area (Å²) >= 11 is 0. The average molecular weight is 699 g/mol. The van der Waals surface area contributed by atoms with E-state index in [2.05, 4.69) is 208 Å². The summed E-state index contributed by atoms with van der Waals surface area (Å²) < 4.78 is 0. The van der Waals surface area contributed by atoms with Gasteiger partial charge >= 0.3 is 0 Å². The third kappa shape index (κ3) is 4.78. The van der Waals surface area contributed by atoms with Crippen molar-refractivity contribution < 1.29 is 0 Å². The molecule has 0 bridgehead atoms. The molecule has 0 spiro atoms. The van der Waals surface area contributed by atoms with E-state index in [-0.39, 0.29) is 5.41 Å². The van der Waals surface area contributed by atoms with Gasteiger partial charge in [-0.3, -0.25) is 0 Å². The van der Waals surface area contributed by atoms with Crippen LogP contribution in [0.2, 0.25) is 0 Å². The van der Waals surface area contributed by atoms with Crippen molar-refractivity contribution in [1.82, 2.24) is 0 Å². The molecule has 11 rings (SSSR count). The summed E-state index contributed by atoms with van der Waals surface area (Å²) in [6, 6.07) is 72.1. The fraction of sp³-hybridized carbons (Fsp3) is 0.0545. The number of rotatable bonds is 4. The lowest BCUT2D eigenvalue weighted by Gasteiger charge is -2.23. The van der Waals surface area contributed by atoms with E-state index in [1.807, 2.05) is 0 Å². The normalized spacial score (nSPS) is 13.1. The molecule has 10 aromatic rings. The second-order valence-electron chi connectivity index (χ2n) is 15.6. The molecule has 0 atom stereocenters. The van der Waals surface area contributed by atoms with Gasteiger partial charge in [0, 0.05) is 5.41 Å². The summed E-state index contributed by atoms with van der Waals surface area (Å²) in [4.78, 5) is 0. The molecular formula is C55H38. The Bertz CT molecular complexity index is 3160. The number of benzene rings is 10. The first-order chi connectivity index (χ1) is 27.1. The van der Waals surface area contributed by atoms with Crippen LogP contribution >= 0.6 is 0 Å². The van der Waals surface area contributed by atoms with E-state index in [4.69, 9.17) is 0 Å². The van der Waals surface area contributed by atoms with E-state index in [0.717, 1.165) is 0 Å². The molecule has 0 heterocycles. The summed E-state index contributed by atoms with van der Waals surface area (Å²) in [5, 5.41) is 10.3. The van der Waals surface area contributed by atoms with Gasteiger partial charge in [-0.1, -0.05) is 196 Å². The lowest BCUT2D eigenvalue weighted by atomic mass is 9.80. The third-order valence-corrected chi connectivity index (χ3v) is 12.2. The molecule has 0 saturated carbocycles. The fourth-order valence-electron chi connectivity index (χ4n) is 9.79. The van der Waals surface area contributed by atoms with E-state index in [0.29, 0.717) is 0 Å². The van der Waals surface area contributed by atoms with E-state index >= 15 is 0 Å². The minimum atomic E-state index is -0.0513. The van der Waals surface area contributed by atoms with Crippen LogP contribution in [0.5, 0.6) is 0 Å². The van der Waals surface area contributed by atoms with Gasteiger partial charge in [-0.05, 0) is 122 Å². The van der Waals surface area contributed by atoms with Gasteiger partial charge in [-0.2, -0.15) is 0 Å². The zero-order valence-corrected chi connectivity index (χ0v) is 31.0. The molecular weight excluding hydrogens is 661 g/mol. The molecule has 1 aliphatic carbocycles. The Balaban J connectivity index is 1.11. The molecule has 0 heteroatoms. The highest BCUT2D eigenvalue weighted by atomic mass is 14.4. The summed E-state index contributed by atoms with van der Waals surface area (Å²) in [6.45, 7) is 4.75. The van der Waals surface area contributed by atoms with Crippen LogP contribution in [0, 0.1) is 0 Å². The van der Waals surface area contributed by atoms with Crippen LogP contribution in [-0.2, 0) is 5.41 Å². The van der Waals surface area contributed by atoms with E-state index in [9.17, 15) is 0 Å². The molecule has 0 fully saturated rings. The van der Waals surface area contributed by atoms with Gasteiger partial charge in [-0.25, -0.2) is 0 Å². The van der Waals surface area contributed by atoms with Gasteiger partial charge in [0.1, 0.15) is 0 Å². The lowest BCUT2D eigenvalue weighted by molar-refractivity contribution is 0.666. The van der Waals surface area contributed by atoms with Gasteiger partial charge in [-0.15, -0.1) is 0 Å². The van der Waals surface area contributed by atoms with E-state index in [1.54, 1.807) is 0 Å². The molecule has 0 unspecified atom stereocenters. The smallest absolute Gasteiger partial charge is 0.0165 e. The molecule has 258 valence electrons. The SMILES string of the molecule is CC1(C)c2ccccc2-c2ccc3cc(-c4ccccc4-c4cccc(-c5c6ccccc6c(-c6ccccc6)c6ccc7ccccc7c56)c4)ccc3c21. The molecule has 0 nitrogen and oxygen atoms in total. The van der Waals surface area contributed by atoms with Crippen molar-refractivity contribution >= 4 is 43.1 Å². The topological polar surface area (TPSA) is 0 Å². The largest absolute Gasteiger partial charge is 0.0622 e. The van der Waals surface area contributed by atoms with Crippen molar-refractivity contribution in [3.8, 4) is 55.6 Å². The quantitative estimate of drug-likeness (QED) is 0.127. The Hall–Kier alpha value is -6.76. The molecule has 1 aliphatic rings. The number of fused-ring (bicyclic) bond motifs is 9. The van der Waals surface area contributed by atoms with Crippen molar-refractivity contribution in [3.63, 3.8) is 0 Å². The summed E-state index contributed by atoms with van der Waals surface area (Å²) in [5.41, 5.74) is 15.5. The highest BCUT2D eigenvalue weighted by Crippen LogP contribution is 2.52. The van der Waals surface area contributed by atoms with Crippen LogP contribution in [0.4, 0.5) is 0 Å². The average Bonchev–Trinajstić information content (AvgIpc) is 3.48. The highest BCUT2D eigenvalue weighted by Gasteiger charge is 2.36. The first-order valence-corrected chi connectivity index (χ1v) is 19.4. The van der Waals surface area contributed by atoms with E-state index in [1.165, 1.54) is 110 Å². The van der Waals surface area contributed by atoms with Gasteiger partial charge in [0.25, 0.3) is 0 Å². The predicted molar refractivity (Wildman–Crippen MR) is 236 cm³/mol. The maximum Gasteiger partial charge on any atom is 0.0165 e. The maximum absolute atomic E-state index is 2.41. The Morgan fingerprint density at radius 1 is 0.309 bits per heavy atom. The van der Waals surface area contributed by atoms with Crippen LogP contribution in [0.3, 0.4) is 0 Å². The Labute approximate surface area is 322 Å². The van der Waals surface area contributed by atoms with Gasteiger partial charge in [0.15, 0.2) is 0 Å². The Kier molecular flexibility index (Phi) is 7.00. The third-order valence-electron chi connectivity index (χ3n) is 12.2. The van der Waals surface area contributed by atoms with E-state index < -0.39 is 0 Å². The van der Waals surface area contributed by atoms with Crippen molar-refractivity contribution in [2.24, 2.45) is 0 Å². The molecule has 0 radical (unpaired) electrons. The zero-order chi connectivity index (χ0) is 36.7. The molecule has 55 heavy (non-hydrogen) atoms. The van der Waals surface area contributed by atoms with Crippen LogP contribution in [0.1, 0.15) is 25.0 Å². The standard InChI is InChI=1S/C55H38/c1-55(2)50-26-13-12-23-45(50)48-31-29-39-33-38(28-30-44(39)54(48)55)42-21-9-8-20-41(42)37-18-14-19-40(34-37)52-47-25-11-10-24-46(47)51(36-16-4-3-5-17-36)49-32-27-35-15-6-7-22-43(35)53(49)52/h3-34H,1-2H3. The summed E-state index contributed by atoms with van der Waals surface area (Å²) in [5.74, 6) is 0. The molecule has 0 saturated heterocycles.